The van der Waals surface area contributed by atoms with E-state index in [0.29, 0.717) is 45.3 Å². The van der Waals surface area contributed by atoms with Crippen LogP contribution in [0.4, 0.5) is 5.69 Å². The molecule has 0 fully saturated rings. The number of nitrogens with zero attached hydrogens (tertiary/aromatic N) is 1. The lowest BCUT2D eigenvalue weighted by Crippen LogP contribution is -2.54. The van der Waals surface area contributed by atoms with Gasteiger partial charge in [0.1, 0.15) is 25.3 Å². The molecule has 0 aromatic heterocycles. The molecule has 0 aliphatic carbocycles. The van der Waals surface area contributed by atoms with Crippen LogP contribution < -0.4 is 16.0 Å². The van der Waals surface area contributed by atoms with Crippen molar-refractivity contribution in [1.82, 2.24) is 15.5 Å². The van der Waals surface area contributed by atoms with Gasteiger partial charge in [0.05, 0.1) is 52.2 Å². The fraction of sp³-hybridized carbons (Fsp3) is 0.656. The topological polar surface area (TPSA) is 171 Å². The maximum Gasteiger partial charge on any atom is 0.308 e. The number of esters is 1. The van der Waals surface area contributed by atoms with E-state index in [1.807, 2.05) is 0 Å². The van der Waals surface area contributed by atoms with Crippen LogP contribution in [0.1, 0.15) is 47.1 Å². The van der Waals surface area contributed by atoms with Gasteiger partial charge in [-0.3, -0.25) is 24.0 Å². The van der Waals surface area contributed by atoms with Gasteiger partial charge in [0.2, 0.25) is 23.6 Å². The molecule has 1 aromatic rings. The number of nitrogens with one attached hydrogen (secondary N) is 3. The Labute approximate surface area is 272 Å². The first kappa shape index (κ1) is 40.4. The molecular weight excluding hydrogens is 600 g/mol. The quantitative estimate of drug-likeness (QED) is 0.116. The van der Waals surface area contributed by atoms with Crippen molar-refractivity contribution in [1.29, 1.82) is 0 Å². The molecule has 0 unspecified atom stereocenters. The summed E-state index contributed by atoms with van der Waals surface area (Å²) in [6.45, 7) is 13.0. The number of ether oxygens (including phenoxy) is 5. The molecule has 4 amide bonds. The van der Waals surface area contributed by atoms with Crippen LogP contribution in [0, 0.1) is 11.8 Å². The molecule has 0 radical (unpaired) electrons. The zero-order valence-corrected chi connectivity index (χ0v) is 28.2. The number of benzene rings is 1. The van der Waals surface area contributed by atoms with Crippen LogP contribution in [0.2, 0.25) is 0 Å². The van der Waals surface area contributed by atoms with Gasteiger partial charge < -0.3 is 44.5 Å². The lowest BCUT2D eigenvalue weighted by molar-refractivity contribution is -0.148. The van der Waals surface area contributed by atoms with Gasteiger partial charge >= 0.3 is 5.97 Å². The lowest BCUT2D eigenvalue weighted by atomic mass is 10.0. The highest BCUT2D eigenvalue weighted by Crippen LogP contribution is 2.12. The van der Waals surface area contributed by atoms with Gasteiger partial charge in [-0.1, -0.05) is 39.8 Å². The summed E-state index contributed by atoms with van der Waals surface area (Å²) in [5.41, 5.74) is 1.29. The van der Waals surface area contributed by atoms with Crippen LogP contribution in [0.5, 0.6) is 0 Å². The van der Waals surface area contributed by atoms with Gasteiger partial charge in [-0.05, 0) is 30.5 Å². The number of carbonyl (C=O) groups excluding carboxylic acids is 5. The minimum atomic E-state index is -0.873. The number of hydrogen-bond acceptors (Lipinski definition) is 10. The number of hydrogen-bond donors (Lipinski definition) is 3. The van der Waals surface area contributed by atoms with Crippen molar-refractivity contribution in [2.45, 2.75) is 60.2 Å². The van der Waals surface area contributed by atoms with Gasteiger partial charge in [0.25, 0.3) is 0 Å². The Bertz CT molecular complexity index is 1080. The van der Waals surface area contributed by atoms with E-state index in [1.165, 1.54) is 6.92 Å². The normalized spacial score (nSPS) is 12.4. The molecule has 0 heterocycles. The molecule has 14 nitrogen and oxygen atoms in total. The highest BCUT2D eigenvalue weighted by Gasteiger charge is 2.27. The Morgan fingerprint density at radius 1 is 0.739 bits per heavy atom. The van der Waals surface area contributed by atoms with E-state index in [-0.39, 0.29) is 50.1 Å². The van der Waals surface area contributed by atoms with Crippen LogP contribution in [-0.2, 0) is 54.3 Å². The molecule has 46 heavy (non-hydrogen) atoms. The Morgan fingerprint density at radius 3 is 1.80 bits per heavy atom. The number of amides is 4. The van der Waals surface area contributed by atoms with Crippen molar-refractivity contribution in [2.24, 2.45) is 11.8 Å². The molecule has 1 rings (SSSR count). The van der Waals surface area contributed by atoms with Gasteiger partial charge in [-0.15, -0.1) is 0 Å². The van der Waals surface area contributed by atoms with Crippen molar-refractivity contribution in [3.8, 4) is 0 Å². The second-order valence-corrected chi connectivity index (χ2v) is 11.3. The van der Waals surface area contributed by atoms with E-state index in [2.05, 4.69) is 16.0 Å². The average molecular weight is 653 g/mol. The van der Waals surface area contributed by atoms with Crippen molar-refractivity contribution in [3.63, 3.8) is 0 Å². The highest BCUT2D eigenvalue weighted by atomic mass is 16.6. The molecule has 0 aliphatic rings. The minimum absolute atomic E-state index is 0.0112. The summed E-state index contributed by atoms with van der Waals surface area (Å²) in [5, 5.41) is 8.04. The lowest BCUT2D eigenvalue weighted by Gasteiger charge is -2.24. The molecule has 1 aromatic carbocycles. The van der Waals surface area contributed by atoms with E-state index < -0.39 is 29.8 Å². The summed E-state index contributed by atoms with van der Waals surface area (Å²) >= 11 is 0. The van der Waals surface area contributed by atoms with E-state index in [0.717, 1.165) is 5.56 Å². The fourth-order valence-electron chi connectivity index (χ4n) is 3.56. The molecule has 0 spiro atoms. The van der Waals surface area contributed by atoms with E-state index in [1.54, 1.807) is 70.8 Å². The first-order valence-electron chi connectivity index (χ1n) is 15.5. The molecule has 260 valence electrons. The van der Waals surface area contributed by atoms with Crippen LogP contribution in [0.15, 0.2) is 24.3 Å². The van der Waals surface area contributed by atoms with E-state index in [9.17, 15) is 24.0 Å². The number of anilines is 1. The summed E-state index contributed by atoms with van der Waals surface area (Å²) in [4.78, 5) is 62.3. The van der Waals surface area contributed by atoms with Gasteiger partial charge in [0.15, 0.2) is 0 Å². The number of rotatable bonds is 23. The van der Waals surface area contributed by atoms with Crippen molar-refractivity contribution >= 4 is 35.3 Å². The molecule has 2 atom stereocenters. The summed E-state index contributed by atoms with van der Waals surface area (Å²) in [5.74, 6) is -2.16. The van der Waals surface area contributed by atoms with Crippen molar-refractivity contribution in [3.05, 3.63) is 29.8 Å². The van der Waals surface area contributed by atoms with Crippen molar-refractivity contribution in [2.75, 3.05) is 71.8 Å². The fourth-order valence-corrected chi connectivity index (χ4v) is 3.56. The third-order valence-corrected chi connectivity index (χ3v) is 6.55. The van der Waals surface area contributed by atoms with Gasteiger partial charge in [-0.2, -0.15) is 0 Å². The van der Waals surface area contributed by atoms with Crippen LogP contribution in [0.25, 0.3) is 0 Å². The Kier molecular flexibility index (Phi) is 20.1. The first-order valence-corrected chi connectivity index (χ1v) is 15.5. The maximum atomic E-state index is 12.9. The zero-order chi connectivity index (χ0) is 34.5. The summed E-state index contributed by atoms with van der Waals surface area (Å²) in [6, 6.07) is 5.09. The predicted molar refractivity (Wildman–Crippen MR) is 171 cm³/mol. The molecule has 0 saturated carbocycles. The zero-order valence-electron chi connectivity index (χ0n) is 28.2. The predicted octanol–water partition coefficient (Wildman–Crippen LogP) is 1.51. The van der Waals surface area contributed by atoms with Gasteiger partial charge in [-0.25, -0.2) is 0 Å². The number of likely N-dealkylation sites (N-methyl/N-ethyl adjacent to an activating group) is 1. The molecule has 0 bridgehead atoms. The van der Waals surface area contributed by atoms with Crippen LogP contribution >= 0.6 is 0 Å². The first-order chi connectivity index (χ1) is 21.8. The molecule has 0 aliphatic heterocycles. The third-order valence-electron chi connectivity index (χ3n) is 6.55. The summed E-state index contributed by atoms with van der Waals surface area (Å²) < 4.78 is 26.8. The van der Waals surface area contributed by atoms with Gasteiger partial charge in [0, 0.05) is 26.2 Å². The molecule has 3 N–H and O–H groups in total. The smallest absolute Gasteiger partial charge is 0.308 e. The highest BCUT2D eigenvalue weighted by molar-refractivity contribution is 5.98. The second-order valence-electron chi connectivity index (χ2n) is 11.3. The largest absolute Gasteiger partial charge is 0.461 e. The summed E-state index contributed by atoms with van der Waals surface area (Å²) in [6.07, 6.45) is 0. The second kappa shape index (κ2) is 22.8. The SMILES string of the molecule is CC(=O)N(C)CCOCCOCCOCCOCC(=O)N[C@H](C(=O)N[C@@H](C)C(=O)Nc1ccc(COC(=O)C(C)C)cc1)C(C)C. The summed E-state index contributed by atoms with van der Waals surface area (Å²) in [7, 11) is 1.71. The van der Waals surface area contributed by atoms with E-state index in [4.69, 9.17) is 23.7 Å². The standard InChI is InChI=1S/C32H52N4O10/c1-22(2)29(35-28(38)21-45-19-18-44-17-16-43-15-14-42-13-12-36(7)25(6)37)31(40)33-24(5)30(39)34-27-10-8-26(9-11-27)20-46-32(41)23(3)4/h8-11,22-24,29H,12-21H2,1-7H3,(H,33,40)(H,34,39)(H,35,38)/t24-,29-/m0/s1. The molecular formula is C32H52N4O10. The molecule has 14 heteroatoms. The maximum absolute atomic E-state index is 12.9. The Balaban J connectivity index is 2.26. The minimum Gasteiger partial charge on any atom is -0.461 e. The van der Waals surface area contributed by atoms with Crippen molar-refractivity contribution < 1.29 is 47.7 Å². The molecule has 0 saturated heterocycles. The number of carbonyl (C=O) groups is 5. The van der Waals surface area contributed by atoms with Crippen LogP contribution in [0.3, 0.4) is 0 Å². The van der Waals surface area contributed by atoms with Crippen LogP contribution in [-0.4, -0.2) is 113 Å². The third kappa shape index (κ3) is 17.8. The average Bonchev–Trinajstić information content (AvgIpc) is 3.00. The monoisotopic (exact) mass is 652 g/mol. The van der Waals surface area contributed by atoms with E-state index >= 15 is 0 Å². The Hall–Kier alpha value is -3.59. The Morgan fingerprint density at radius 2 is 1.28 bits per heavy atom.